The number of aromatic nitrogens is 2. The molecular formula is C18H28N4O4S. The summed E-state index contributed by atoms with van der Waals surface area (Å²) in [6.45, 7) is 7.44. The van der Waals surface area contributed by atoms with Gasteiger partial charge in [-0.15, -0.1) is 0 Å². The number of rotatable bonds is 6. The molecule has 0 atom stereocenters. The number of hydrogen-bond acceptors (Lipinski definition) is 5. The number of nitrogens with zero attached hydrogens (tertiary/aromatic N) is 4. The lowest BCUT2D eigenvalue weighted by Crippen LogP contribution is -2.41. The second kappa shape index (κ2) is 8.12. The molecule has 0 N–H and O–H groups in total. The van der Waals surface area contributed by atoms with Gasteiger partial charge < -0.3 is 9.64 Å². The Hall–Kier alpha value is -1.71. The van der Waals surface area contributed by atoms with Gasteiger partial charge >= 0.3 is 0 Å². The normalized spacial score (nSPS) is 18.6. The molecule has 0 bridgehead atoms. The third kappa shape index (κ3) is 3.95. The summed E-state index contributed by atoms with van der Waals surface area (Å²) >= 11 is 0. The van der Waals surface area contributed by atoms with Crippen molar-refractivity contribution in [3.63, 3.8) is 0 Å². The molecule has 8 nitrogen and oxygen atoms in total. The molecular weight excluding hydrogens is 368 g/mol. The summed E-state index contributed by atoms with van der Waals surface area (Å²) in [5.41, 5.74) is 1.99. The Morgan fingerprint density at radius 3 is 2.59 bits per heavy atom. The van der Waals surface area contributed by atoms with Crippen molar-refractivity contribution in [3.8, 4) is 0 Å². The molecule has 0 aromatic carbocycles. The fourth-order valence-electron chi connectivity index (χ4n) is 3.78. The fraction of sp³-hybridized carbons (Fsp3) is 0.667. The van der Waals surface area contributed by atoms with E-state index in [2.05, 4.69) is 11.2 Å². The van der Waals surface area contributed by atoms with E-state index in [9.17, 15) is 13.2 Å². The molecule has 1 fully saturated rings. The maximum atomic E-state index is 13.0. The lowest BCUT2D eigenvalue weighted by Gasteiger charge is -2.26. The van der Waals surface area contributed by atoms with Crippen LogP contribution in [0.3, 0.4) is 0 Å². The molecule has 0 radical (unpaired) electrons. The van der Waals surface area contributed by atoms with E-state index in [1.165, 1.54) is 8.99 Å². The van der Waals surface area contributed by atoms with E-state index in [-0.39, 0.29) is 17.3 Å². The molecule has 0 unspecified atom stereocenters. The average molecular weight is 397 g/mol. The van der Waals surface area contributed by atoms with Gasteiger partial charge in [-0.25, -0.2) is 8.42 Å². The van der Waals surface area contributed by atoms with Crippen molar-refractivity contribution < 1.29 is 17.9 Å². The number of sulfonamides is 1. The van der Waals surface area contributed by atoms with Crippen molar-refractivity contribution in [3.05, 3.63) is 23.2 Å². The Bertz CT molecular complexity index is 838. The number of aryl methyl sites for hydroxylation is 1. The summed E-state index contributed by atoms with van der Waals surface area (Å²) in [6.07, 6.45) is 5.09. The van der Waals surface area contributed by atoms with Gasteiger partial charge in [0.1, 0.15) is 11.4 Å². The Balaban J connectivity index is 1.84. The van der Waals surface area contributed by atoms with Gasteiger partial charge in [0.25, 0.3) is 0 Å². The van der Waals surface area contributed by atoms with Crippen molar-refractivity contribution in [2.24, 2.45) is 0 Å². The van der Waals surface area contributed by atoms with Gasteiger partial charge in [-0.3, -0.25) is 9.48 Å². The Morgan fingerprint density at radius 1 is 1.30 bits per heavy atom. The summed E-state index contributed by atoms with van der Waals surface area (Å²) in [4.78, 5) is 14.8. The second-order valence-electron chi connectivity index (χ2n) is 6.90. The zero-order chi connectivity index (χ0) is 19.6. The van der Waals surface area contributed by atoms with Gasteiger partial charge in [0.15, 0.2) is 0 Å². The van der Waals surface area contributed by atoms with E-state index >= 15 is 0 Å². The number of hydrogen-bond donors (Lipinski definition) is 0. The van der Waals surface area contributed by atoms with Gasteiger partial charge in [0.05, 0.1) is 24.6 Å². The Kier molecular flexibility index (Phi) is 6.02. The number of allylic oxidation sites excluding steroid dienone is 2. The molecule has 3 rings (SSSR count). The summed E-state index contributed by atoms with van der Waals surface area (Å²) in [5, 5.41) is 4.37. The molecule has 1 aromatic heterocycles. The van der Waals surface area contributed by atoms with E-state index in [1.807, 2.05) is 6.92 Å². The summed E-state index contributed by atoms with van der Waals surface area (Å²) < 4.78 is 34.3. The molecule has 0 spiro atoms. The maximum absolute atomic E-state index is 13.0. The molecule has 1 aromatic rings. The van der Waals surface area contributed by atoms with E-state index in [0.29, 0.717) is 44.2 Å². The molecule has 2 heterocycles. The molecule has 1 aliphatic carbocycles. The predicted octanol–water partition coefficient (Wildman–Crippen LogP) is 1.44. The van der Waals surface area contributed by atoms with Crippen LogP contribution in [-0.2, 0) is 26.1 Å². The summed E-state index contributed by atoms with van der Waals surface area (Å²) in [7, 11) is -3.65. The minimum absolute atomic E-state index is 0.0382. The van der Waals surface area contributed by atoms with Crippen LogP contribution < -0.4 is 0 Å². The molecule has 9 heteroatoms. The lowest BCUT2D eigenvalue weighted by molar-refractivity contribution is -0.130. The topological polar surface area (TPSA) is 84.7 Å². The third-order valence-electron chi connectivity index (χ3n) is 5.15. The monoisotopic (exact) mass is 396 g/mol. The molecule has 1 saturated heterocycles. The predicted molar refractivity (Wildman–Crippen MR) is 101 cm³/mol. The highest BCUT2D eigenvalue weighted by molar-refractivity contribution is 7.89. The molecule has 1 aliphatic heterocycles. The first-order valence-corrected chi connectivity index (χ1v) is 10.9. The van der Waals surface area contributed by atoms with E-state index < -0.39 is 10.0 Å². The van der Waals surface area contributed by atoms with Gasteiger partial charge in [-0.2, -0.15) is 9.40 Å². The standard InChI is InChI=1S/C18H28N4O4S/c1-4-21(16-7-5-6-8-16)17(23)13-22-15(3)18(14(2)19-22)27(24,25)20-9-11-26-12-10-20/h7H,4-6,8-13H2,1-3H3. The Morgan fingerprint density at radius 2 is 2.00 bits per heavy atom. The molecule has 1 amide bonds. The SMILES string of the molecule is CCN(C(=O)Cn1nc(C)c(S(=O)(=O)N2CCOCC2)c1C)C1=CCCC1. The third-order valence-corrected chi connectivity index (χ3v) is 7.30. The highest BCUT2D eigenvalue weighted by Crippen LogP contribution is 2.25. The highest BCUT2D eigenvalue weighted by atomic mass is 32.2. The van der Waals surface area contributed by atoms with Crippen LogP contribution in [0.4, 0.5) is 0 Å². The van der Waals surface area contributed by atoms with Gasteiger partial charge in [0.2, 0.25) is 15.9 Å². The van der Waals surface area contributed by atoms with Crippen LogP contribution in [0.15, 0.2) is 16.7 Å². The minimum Gasteiger partial charge on any atom is -0.379 e. The van der Waals surface area contributed by atoms with Crippen LogP contribution in [0, 0.1) is 13.8 Å². The molecule has 2 aliphatic rings. The van der Waals surface area contributed by atoms with Gasteiger partial charge in [-0.05, 0) is 40.0 Å². The maximum Gasteiger partial charge on any atom is 0.248 e. The lowest BCUT2D eigenvalue weighted by atomic mass is 10.3. The first kappa shape index (κ1) is 20.0. The highest BCUT2D eigenvalue weighted by Gasteiger charge is 2.32. The number of carbonyl (C=O) groups is 1. The van der Waals surface area contributed by atoms with Crippen molar-refractivity contribution in [1.82, 2.24) is 19.0 Å². The summed E-state index contributed by atoms with van der Waals surface area (Å²) in [5.74, 6) is -0.0634. The van der Waals surface area contributed by atoms with Crippen LogP contribution >= 0.6 is 0 Å². The minimum atomic E-state index is -3.65. The number of likely N-dealkylation sites (N-methyl/N-ethyl adjacent to an activating group) is 1. The van der Waals surface area contributed by atoms with Gasteiger partial charge in [0, 0.05) is 25.3 Å². The first-order valence-electron chi connectivity index (χ1n) is 9.47. The van der Waals surface area contributed by atoms with Crippen LogP contribution in [0.25, 0.3) is 0 Å². The van der Waals surface area contributed by atoms with Crippen molar-refractivity contribution in [2.75, 3.05) is 32.8 Å². The number of amides is 1. The summed E-state index contributed by atoms with van der Waals surface area (Å²) in [6, 6.07) is 0. The van der Waals surface area contributed by atoms with Gasteiger partial charge in [-0.1, -0.05) is 6.08 Å². The molecule has 150 valence electrons. The quantitative estimate of drug-likeness (QED) is 0.726. The van der Waals surface area contributed by atoms with Crippen LogP contribution in [0.1, 0.15) is 37.6 Å². The number of carbonyl (C=O) groups excluding carboxylic acids is 1. The van der Waals surface area contributed by atoms with Crippen molar-refractivity contribution >= 4 is 15.9 Å². The van der Waals surface area contributed by atoms with E-state index in [4.69, 9.17) is 4.74 Å². The zero-order valence-electron chi connectivity index (χ0n) is 16.3. The van der Waals surface area contributed by atoms with Crippen LogP contribution in [-0.4, -0.2) is 66.2 Å². The molecule has 27 heavy (non-hydrogen) atoms. The van der Waals surface area contributed by atoms with Crippen molar-refractivity contribution in [1.29, 1.82) is 0 Å². The zero-order valence-corrected chi connectivity index (χ0v) is 17.1. The number of morpholine rings is 1. The number of ether oxygens (including phenoxy) is 1. The van der Waals surface area contributed by atoms with Crippen LogP contribution in [0.5, 0.6) is 0 Å². The second-order valence-corrected chi connectivity index (χ2v) is 8.77. The smallest absolute Gasteiger partial charge is 0.248 e. The first-order chi connectivity index (χ1) is 12.9. The fourth-order valence-corrected chi connectivity index (χ4v) is 5.56. The van der Waals surface area contributed by atoms with Crippen LogP contribution in [0.2, 0.25) is 0 Å². The molecule has 0 saturated carbocycles. The van der Waals surface area contributed by atoms with Crippen molar-refractivity contribution in [2.45, 2.75) is 51.5 Å². The average Bonchev–Trinajstić information content (AvgIpc) is 3.25. The largest absolute Gasteiger partial charge is 0.379 e. The van der Waals surface area contributed by atoms with E-state index in [1.54, 1.807) is 18.7 Å². The van der Waals surface area contributed by atoms with E-state index in [0.717, 1.165) is 25.0 Å². The Labute approximate surface area is 160 Å².